The first-order valence-electron chi connectivity index (χ1n) is 6.58. The topological polar surface area (TPSA) is 52.6 Å². The maximum Gasteiger partial charge on any atom is 0.243 e. The lowest BCUT2D eigenvalue weighted by molar-refractivity contribution is -0.135. The van der Waals surface area contributed by atoms with E-state index < -0.39 is 17.3 Å². The monoisotopic (exact) mass is 262 g/mol. The summed E-state index contributed by atoms with van der Waals surface area (Å²) in [7, 11) is 0. The third-order valence-corrected chi connectivity index (χ3v) is 3.61. The Bertz CT molecular complexity index is 468. The molecule has 1 aromatic rings. The fourth-order valence-corrected chi connectivity index (χ4v) is 2.74. The van der Waals surface area contributed by atoms with E-state index in [-0.39, 0.29) is 5.91 Å². The summed E-state index contributed by atoms with van der Waals surface area (Å²) < 4.78 is 0. The maximum absolute atomic E-state index is 12.4. The highest BCUT2D eigenvalue weighted by atomic mass is 16.3. The molecule has 1 aliphatic rings. The lowest BCUT2D eigenvalue weighted by Crippen LogP contribution is -2.49. The molecule has 1 saturated heterocycles. The lowest BCUT2D eigenvalue weighted by atomic mass is 10.1. The van der Waals surface area contributed by atoms with E-state index in [0.29, 0.717) is 6.54 Å². The fraction of sp³-hybridized carbons (Fsp3) is 0.533. The van der Waals surface area contributed by atoms with Crippen LogP contribution in [0.1, 0.15) is 39.4 Å². The lowest BCUT2D eigenvalue weighted by Gasteiger charge is -2.32. The SMILES string of the molecule is CC1(C)NC(C)(C)N(CC(O)c2ccccc2)C1=O. The van der Waals surface area contributed by atoms with Crippen molar-refractivity contribution in [3.8, 4) is 0 Å². The van der Waals surface area contributed by atoms with Crippen LogP contribution in [0.15, 0.2) is 30.3 Å². The maximum atomic E-state index is 12.4. The number of hydrogen-bond donors (Lipinski definition) is 2. The largest absolute Gasteiger partial charge is 0.387 e. The fourth-order valence-electron chi connectivity index (χ4n) is 2.74. The van der Waals surface area contributed by atoms with E-state index in [2.05, 4.69) is 5.32 Å². The summed E-state index contributed by atoms with van der Waals surface area (Å²) in [4.78, 5) is 14.1. The Morgan fingerprint density at radius 2 is 1.79 bits per heavy atom. The molecule has 104 valence electrons. The number of nitrogens with zero attached hydrogens (tertiary/aromatic N) is 1. The van der Waals surface area contributed by atoms with Crippen molar-refractivity contribution in [1.82, 2.24) is 10.2 Å². The van der Waals surface area contributed by atoms with Crippen LogP contribution < -0.4 is 5.32 Å². The van der Waals surface area contributed by atoms with E-state index in [4.69, 9.17) is 0 Å². The van der Waals surface area contributed by atoms with Crippen LogP contribution in [0.5, 0.6) is 0 Å². The van der Waals surface area contributed by atoms with Crippen LogP contribution in [-0.4, -0.2) is 33.7 Å². The first kappa shape index (κ1) is 14.0. The molecular weight excluding hydrogens is 240 g/mol. The minimum absolute atomic E-state index is 0.0208. The molecule has 1 atom stereocenters. The molecule has 4 nitrogen and oxygen atoms in total. The number of aliphatic hydroxyl groups excluding tert-OH is 1. The van der Waals surface area contributed by atoms with Crippen molar-refractivity contribution in [2.45, 2.75) is 45.0 Å². The van der Waals surface area contributed by atoms with E-state index in [1.807, 2.05) is 58.0 Å². The average molecular weight is 262 g/mol. The van der Waals surface area contributed by atoms with Gasteiger partial charge in [-0.2, -0.15) is 0 Å². The van der Waals surface area contributed by atoms with E-state index >= 15 is 0 Å². The number of rotatable bonds is 3. The van der Waals surface area contributed by atoms with E-state index in [9.17, 15) is 9.90 Å². The number of nitrogens with one attached hydrogen (secondary N) is 1. The molecule has 2 N–H and O–H groups in total. The first-order chi connectivity index (χ1) is 8.74. The molecule has 1 heterocycles. The molecule has 1 aliphatic heterocycles. The highest BCUT2D eigenvalue weighted by Crippen LogP contribution is 2.29. The zero-order valence-electron chi connectivity index (χ0n) is 12.0. The van der Waals surface area contributed by atoms with Gasteiger partial charge in [0.1, 0.15) is 0 Å². The van der Waals surface area contributed by atoms with Gasteiger partial charge in [0.15, 0.2) is 0 Å². The average Bonchev–Trinajstić information content (AvgIpc) is 2.48. The van der Waals surface area contributed by atoms with Crippen molar-refractivity contribution in [3.63, 3.8) is 0 Å². The number of aliphatic hydroxyl groups is 1. The summed E-state index contributed by atoms with van der Waals surface area (Å²) in [5, 5.41) is 13.6. The predicted octanol–water partition coefficient (Wildman–Crippen LogP) is 1.67. The van der Waals surface area contributed by atoms with E-state index in [1.165, 1.54) is 0 Å². The van der Waals surface area contributed by atoms with Crippen LogP contribution in [0.2, 0.25) is 0 Å². The molecule has 0 aliphatic carbocycles. The molecular formula is C15H22N2O2. The second kappa shape index (κ2) is 4.62. The van der Waals surface area contributed by atoms with Gasteiger partial charge >= 0.3 is 0 Å². The van der Waals surface area contributed by atoms with Gasteiger partial charge in [-0.1, -0.05) is 30.3 Å². The summed E-state index contributed by atoms with van der Waals surface area (Å²) in [6.45, 7) is 7.94. The number of carbonyl (C=O) groups is 1. The smallest absolute Gasteiger partial charge is 0.243 e. The highest BCUT2D eigenvalue weighted by molar-refractivity contribution is 5.88. The summed E-state index contributed by atoms with van der Waals surface area (Å²) >= 11 is 0. The van der Waals surface area contributed by atoms with E-state index in [0.717, 1.165) is 5.56 Å². The van der Waals surface area contributed by atoms with Crippen LogP contribution in [0, 0.1) is 0 Å². The Balaban J connectivity index is 2.17. The zero-order chi connectivity index (χ0) is 14.3. The molecule has 0 saturated carbocycles. The van der Waals surface area contributed by atoms with Crippen molar-refractivity contribution < 1.29 is 9.90 Å². The van der Waals surface area contributed by atoms with Gasteiger partial charge in [-0.05, 0) is 33.3 Å². The van der Waals surface area contributed by atoms with Crippen molar-refractivity contribution >= 4 is 5.91 Å². The minimum Gasteiger partial charge on any atom is -0.387 e. The molecule has 2 rings (SSSR count). The van der Waals surface area contributed by atoms with Gasteiger partial charge in [0, 0.05) is 0 Å². The molecule has 0 spiro atoms. The summed E-state index contributed by atoms with van der Waals surface area (Å²) in [6.07, 6.45) is -0.667. The van der Waals surface area contributed by atoms with Gasteiger partial charge in [0.25, 0.3) is 0 Å². The molecule has 1 fully saturated rings. The van der Waals surface area contributed by atoms with Crippen molar-refractivity contribution in [3.05, 3.63) is 35.9 Å². The summed E-state index contributed by atoms with van der Waals surface area (Å²) in [5.41, 5.74) is -0.202. The van der Waals surface area contributed by atoms with Crippen molar-refractivity contribution in [2.24, 2.45) is 0 Å². The van der Waals surface area contributed by atoms with Crippen LogP contribution >= 0.6 is 0 Å². The van der Waals surface area contributed by atoms with Gasteiger partial charge in [-0.15, -0.1) is 0 Å². The van der Waals surface area contributed by atoms with Gasteiger partial charge in [-0.25, -0.2) is 0 Å². The van der Waals surface area contributed by atoms with Crippen molar-refractivity contribution in [2.75, 3.05) is 6.54 Å². The standard InChI is InChI=1S/C15H22N2O2/c1-14(2)13(19)17(15(3,4)16-14)10-12(18)11-8-6-5-7-9-11/h5-9,12,16,18H,10H2,1-4H3. The molecule has 0 bridgehead atoms. The third-order valence-electron chi connectivity index (χ3n) is 3.61. The van der Waals surface area contributed by atoms with Gasteiger partial charge in [0.05, 0.1) is 23.9 Å². The molecule has 4 heteroatoms. The molecule has 1 unspecified atom stereocenters. The second-order valence-electron chi connectivity index (χ2n) is 6.15. The van der Waals surface area contributed by atoms with Gasteiger partial charge < -0.3 is 10.0 Å². The minimum atomic E-state index is -0.667. The highest BCUT2D eigenvalue weighted by Gasteiger charge is 2.49. The van der Waals surface area contributed by atoms with Gasteiger partial charge in [-0.3, -0.25) is 10.1 Å². The van der Waals surface area contributed by atoms with Crippen LogP contribution in [0.4, 0.5) is 0 Å². The van der Waals surface area contributed by atoms with Crippen LogP contribution in [0.3, 0.4) is 0 Å². The number of benzene rings is 1. The Kier molecular flexibility index (Phi) is 3.41. The second-order valence-corrected chi connectivity index (χ2v) is 6.15. The molecule has 0 radical (unpaired) electrons. The number of hydrogen-bond acceptors (Lipinski definition) is 3. The Hall–Kier alpha value is -1.39. The molecule has 1 aromatic carbocycles. The third kappa shape index (κ3) is 2.65. The normalized spacial score (nSPS) is 22.6. The van der Waals surface area contributed by atoms with Gasteiger partial charge in [0.2, 0.25) is 5.91 Å². The van der Waals surface area contributed by atoms with Crippen LogP contribution in [-0.2, 0) is 4.79 Å². The Morgan fingerprint density at radius 3 is 2.26 bits per heavy atom. The Labute approximate surface area is 114 Å². The number of β-amino-alcohol motifs (C(OH)–C–C–N with tert-alkyl or cyclic N) is 1. The Morgan fingerprint density at radius 1 is 1.21 bits per heavy atom. The number of carbonyl (C=O) groups excluding carboxylic acids is 1. The molecule has 19 heavy (non-hydrogen) atoms. The zero-order valence-corrected chi connectivity index (χ0v) is 12.0. The quantitative estimate of drug-likeness (QED) is 0.871. The van der Waals surface area contributed by atoms with E-state index in [1.54, 1.807) is 4.90 Å². The molecule has 0 aromatic heterocycles. The first-order valence-corrected chi connectivity index (χ1v) is 6.58. The number of amides is 1. The van der Waals surface area contributed by atoms with Crippen LogP contribution in [0.25, 0.3) is 0 Å². The van der Waals surface area contributed by atoms with Crippen molar-refractivity contribution in [1.29, 1.82) is 0 Å². The summed E-state index contributed by atoms with van der Waals surface area (Å²) in [5.74, 6) is 0.0208. The predicted molar refractivity (Wildman–Crippen MR) is 74.4 cm³/mol. The molecule has 1 amide bonds. The summed E-state index contributed by atoms with van der Waals surface area (Å²) in [6, 6.07) is 9.43.